The van der Waals surface area contributed by atoms with Crippen LogP contribution in [0.4, 0.5) is 10.1 Å². The summed E-state index contributed by atoms with van der Waals surface area (Å²) in [5, 5.41) is 2.70. The summed E-state index contributed by atoms with van der Waals surface area (Å²) in [5.41, 5.74) is 1.72. The lowest BCUT2D eigenvalue weighted by Crippen LogP contribution is -3.15. The highest BCUT2D eigenvalue weighted by Crippen LogP contribution is 2.13. The molecule has 150 valence electrons. The molecule has 6 nitrogen and oxygen atoms in total. The molecule has 1 fully saturated rings. The molecule has 0 aliphatic carbocycles. The summed E-state index contributed by atoms with van der Waals surface area (Å²) in [6, 6.07) is 13.7. The van der Waals surface area contributed by atoms with Crippen molar-refractivity contribution in [2.75, 3.05) is 38.0 Å². The monoisotopic (exact) mass is 406 g/mol. The number of hydrogen-bond acceptors (Lipinski definition) is 3. The van der Waals surface area contributed by atoms with Crippen LogP contribution >= 0.6 is 0 Å². The molecular formula is C20H25FN3O3S+. The van der Waals surface area contributed by atoms with E-state index in [0.29, 0.717) is 37.4 Å². The highest BCUT2D eigenvalue weighted by molar-refractivity contribution is 7.88. The molecular weight excluding hydrogens is 381 g/mol. The number of sulfonamides is 1. The van der Waals surface area contributed by atoms with Gasteiger partial charge in [-0.1, -0.05) is 36.4 Å². The zero-order valence-electron chi connectivity index (χ0n) is 15.8. The number of rotatable bonds is 6. The van der Waals surface area contributed by atoms with Gasteiger partial charge in [0.05, 0.1) is 31.9 Å². The molecule has 1 saturated heterocycles. The van der Waals surface area contributed by atoms with E-state index in [9.17, 15) is 17.6 Å². The summed E-state index contributed by atoms with van der Waals surface area (Å²) < 4.78 is 40.2. The summed E-state index contributed by atoms with van der Waals surface area (Å²) in [6.45, 7) is 3.78. The predicted molar refractivity (Wildman–Crippen MR) is 106 cm³/mol. The normalized spacial score (nSPS) is 16.1. The molecule has 2 aromatic carbocycles. The van der Waals surface area contributed by atoms with Crippen LogP contribution in [0.1, 0.15) is 11.1 Å². The Balaban J connectivity index is 1.49. The topological polar surface area (TPSA) is 70.9 Å². The SMILES string of the molecule is Cc1ccc(NC(=O)C[NH+]2CCN(S(=O)(=O)Cc3ccccc3)CC2)cc1F. The van der Waals surface area contributed by atoms with Gasteiger partial charge in [0, 0.05) is 5.69 Å². The van der Waals surface area contributed by atoms with Crippen molar-refractivity contribution in [3.63, 3.8) is 0 Å². The molecule has 8 heteroatoms. The van der Waals surface area contributed by atoms with E-state index in [4.69, 9.17) is 0 Å². The van der Waals surface area contributed by atoms with Crippen molar-refractivity contribution < 1.29 is 22.5 Å². The van der Waals surface area contributed by atoms with E-state index in [0.717, 1.165) is 10.5 Å². The van der Waals surface area contributed by atoms with E-state index in [1.165, 1.54) is 10.4 Å². The zero-order chi connectivity index (χ0) is 20.1. The minimum absolute atomic E-state index is 0.0113. The average molecular weight is 407 g/mol. The van der Waals surface area contributed by atoms with E-state index in [-0.39, 0.29) is 24.0 Å². The Labute approximate surface area is 165 Å². The molecule has 1 heterocycles. The van der Waals surface area contributed by atoms with Gasteiger partial charge in [0.15, 0.2) is 6.54 Å². The molecule has 1 aliphatic heterocycles. The molecule has 1 amide bonds. The number of hydrogen-bond donors (Lipinski definition) is 2. The molecule has 0 atom stereocenters. The van der Waals surface area contributed by atoms with Crippen molar-refractivity contribution in [1.82, 2.24) is 4.31 Å². The maximum atomic E-state index is 13.6. The van der Waals surface area contributed by atoms with Gasteiger partial charge in [-0.2, -0.15) is 4.31 Å². The van der Waals surface area contributed by atoms with Crippen LogP contribution in [0, 0.1) is 12.7 Å². The fourth-order valence-electron chi connectivity index (χ4n) is 3.24. The number of anilines is 1. The third-order valence-electron chi connectivity index (χ3n) is 4.88. The van der Waals surface area contributed by atoms with Crippen LogP contribution in [0.25, 0.3) is 0 Å². The van der Waals surface area contributed by atoms with Gasteiger partial charge < -0.3 is 10.2 Å². The van der Waals surface area contributed by atoms with Crippen LogP contribution in [0.3, 0.4) is 0 Å². The van der Waals surface area contributed by atoms with Gasteiger partial charge in [0.1, 0.15) is 5.82 Å². The quantitative estimate of drug-likeness (QED) is 0.746. The largest absolute Gasteiger partial charge is 0.325 e. The maximum Gasteiger partial charge on any atom is 0.279 e. The van der Waals surface area contributed by atoms with Gasteiger partial charge in [0.25, 0.3) is 5.91 Å². The lowest BCUT2D eigenvalue weighted by atomic mass is 10.2. The van der Waals surface area contributed by atoms with Crippen LogP contribution in [-0.4, -0.2) is 51.4 Å². The minimum atomic E-state index is -3.37. The Morgan fingerprint density at radius 1 is 1.14 bits per heavy atom. The van der Waals surface area contributed by atoms with Gasteiger partial charge in [-0.15, -0.1) is 0 Å². The third kappa shape index (κ3) is 5.37. The van der Waals surface area contributed by atoms with Crippen molar-refractivity contribution in [2.24, 2.45) is 0 Å². The summed E-state index contributed by atoms with van der Waals surface area (Å²) in [6.07, 6.45) is 0. The first-order valence-corrected chi connectivity index (χ1v) is 10.9. The first-order valence-electron chi connectivity index (χ1n) is 9.25. The number of nitrogens with zero attached hydrogens (tertiary/aromatic N) is 1. The first kappa shape index (κ1) is 20.4. The molecule has 1 aliphatic rings. The van der Waals surface area contributed by atoms with Crippen LogP contribution in [-0.2, 0) is 20.6 Å². The number of piperazine rings is 1. The third-order valence-corrected chi connectivity index (χ3v) is 6.73. The summed E-state index contributed by atoms with van der Waals surface area (Å²) in [4.78, 5) is 13.2. The van der Waals surface area contributed by atoms with Crippen molar-refractivity contribution >= 4 is 21.6 Å². The molecule has 2 N–H and O–H groups in total. The Hall–Kier alpha value is -2.29. The average Bonchev–Trinajstić information content (AvgIpc) is 2.65. The Kier molecular flexibility index (Phi) is 6.43. The number of carbonyl (C=O) groups is 1. The molecule has 0 aromatic heterocycles. The number of carbonyl (C=O) groups excluding carboxylic acids is 1. The predicted octanol–water partition coefficient (Wildman–Crippen LogP) is 0.803. The Morgan fingerprint density at radius 3 is 2.46 bits per heavy atom. The molecule has 3 rings (SSSR count). The van der Waals surface area contributed by atoms with Crippen molar-refractivity contribution in [3.05, 3.63) is 65.5 Å². The van der Waals surface area contributed by atoms with Crippen molar-refractivity contribution in [1.29, 1.82) is 0 Å². The molecule has 2 aromatic rings. The number of nitrogens with one attached hydrogen (secondary N) is 2. The number of aryl methyl sites for hydroxylation is 1. The fourth-order valence-corrected chi connectivity index (χ4v) is 4.77. The number of quaternary nitrogens is 1. The highest BCUT2D eigenvalue weighted by atomic mass is 32.2. The van der Waals surface area contributed by atoms with E-state index in [2.05, 4.69) is 5.32 Å². The van der Waals surface area contributed by atoms with Gasteiger partial charge >= 0.3 is 0 Å². The van der Waals surface area contributed by atoms with Crippen molar-refractivity contribution in [2.45, 2.75) is 12.7 Å². The van der Waals surface area contributed by atoms with E-state index < -0.39 is 10.0 Å². The summed E-state index contributed by atoms with van der Waals surface area (Å²) >= 11 is 0. The number of benzene rings is 2. The summed E-state index contributed by atoms with van der Waals surface area (Å²) in [7, 11) is -3.37. The van der Waals surface area contributed by atoms with Crippen LogP contribution in [0.5, 0.6) is 0 Å². The second-order valence-corrected chi connectivity index (χ2v) is 9.05. The Bertz CT molecular complexity index is 927. The van der Waals surface area contributed by atoms with Crippen LogP contribution < -0.4 is 10.2 Å². The molecule has 0 unspecified atom stereocenters. The lowest BCUT2D eigenvalue weighted by molar-refractivity contribution is -0.895. The Morgan fingerprint density at radius 2 is 1.82 bits per heavy atom. The standard InChI is InChI=1S/C20H24FN3O3S/c1-16-7-8-18(13-19(16)21)22-20(25)14-23-9-11-24(12-10-23)28(26,27)15-17-5-3-2-4-6-17/h2-8,13H,9-12,14-15H2,1H3,(H,22,25)/p+1. The molecule has 28 heavy (non-hydrogen) atoms. The van der Waals surface area contributed by atoms with E-state index in [1.807, 2.05) is 18.2 Å². The van der Waals surface area contributed by atoms with Gasteiger partial charge in [-0.05, 0) is 30.2 Å². The molecule has 0 spiro atoms. The fraction of sp³-hybridized carbons (Fsp3) is 0.350. The van der Waals surface area contributed by atoms with Gasteiger partial charge in [-0.25, -0.2) is 12.8 Å². The van der Waals surface area contributed by atoms with Crippen LogP contribution in [0.15, 0.2) is 48.5 Å². The van der Waals surface area contributed by atoms with E-state index in [1.54, 1.807) is 31.2 Å². The minimum Gasteiger partial charge on any atom is -0.325 e. The molecule has 0 radical (unpaired) electrons. The van der Waals surface area contributed by atoms with Gasteiger partial charge in [-0.3, -0.25) is 4.79 Å². The first-order chi connectivity index (χ1) is 13.3. The smallest absolute Gasteiger partial charge is 0.279 e. The van der Waals surface area contributed by atoms with E-state index >= 15 is 0 Å². The van der Waals surface area contributed by atoms with Crippen molar-refractivity contribution in [3.8, 4) is 0 Å². The maximum absolute atomic E-state index is 13.6. The van der Waals surface area contributed by atoms with Gasteiger partial charge in [0.2, 0.25) is 10.0 Å². The second kappa shape index (κ2) is 8.81. The highest BCUT2D eigenvalue weighted by Gasteiger charge is 2.30. The second-order valence-electron chi connectivity index (χ2n) is 7.08. The number of halogens is 1. The molecule has 0 saturated carbocycles. The number of amides is 1. The van der Waals surface area contributed by atoms with Crippen LogP contribution in [0.2, 0.25) is 0 Å². The molecule has 0 bridgehead atoms. The lowest BCUT2D eigenvalue weighted by Gasteiger charge is -2.31. The summed E-state index contributed by atoms with van der Waals surface area (Å²) in [5.74, 6) is -0.580. The zero-order valence-corrected chi connectivity index (χ0v) is 16.6.